The Morgan fingerprint density at radius 3 is 2.62 bits per heavy atom. The van der Waals surface area contributed by atoms with Gasteiger partial charge in [0.1, 0.15) is 29.6 Å². The Morgan fingerprint density at radius 2 is 1.81 bits per heavy atom. The largest absolute Gasteiger partial charge is 0.487 e. The number of fused-ring (bicyclic) bond motifs is 1. The van der Waals surface area contributed by atoms with Gasteiger partial charge in [-0.3, -0.25) is 14.0 Å². The number of carbonyl (C=O) groups excluding carboxylic acids is 1. The van der Waals surface area contributed by atoms with Gasteiger partial charge in [0, 0.05) is 30.1 Å². The minimum atomic E-state index is -0.438. The van der Waals surface area contributed by atoms with E-state index in [0.717, 1.165) is 5.56 Å². The van der Waals surface area contributed by atoms with Crippen LogP contribution in [0.1, 0.15) is 11.3 Å². The summed E-state index contributed by atoms with van der Waals surface area (Å²) in [5, 5.41) is 2.70. The van der Waals surface area contributed by atoms with Crippen molar-refractivity contribution in [3.8, 4) is 11.5 Å². The first-order chi connectivity index (χ1) is 15.5. The van der Waals surface area contributed by atoms with Crippen LogP contribution in [0.4, 0.5) is 10.1 Å². The molecule has 0 fully saturated rings. The summed E-state index contributed by atoms with van der Waals surface area (Å²) < 4.78 is 25.7. The lowest BCUT2D eigenvalue weighted by molar-refractivity contribution is -0.118. The molecular formula is C24H20FN3O4. The molecule has 2 aromatic carbocycles. The van der Waals surface area contributed by atoms with Crippen molar-refractivity contribution in [3.05, 3.63) is 100 Å². The maximum absolute atomic E-state index is 13.2. The lowest BCUT2D eigenvalue weighted by atomic mass is 10.3. The summed E-state index contributed by atoms with van der Waals surface area (Å²) in [6.07, 6.45) is 1.69. The minimum Gasteiger partial charge on any atom is -0.487 e. The Bertz CT molecular complexity index is 1340. The monoisotopic (exact) mass is 433 g/mol. The van der Waals surface area contributed by atoms with Crippen molar-refractivity contribution in [2.24, 2.45) is 0 Å². The fraction of sp³-hybridized carbons (Fsp3) is 0.125. The molecule has 32 heavy (non-hydrogen) atoms. The van der Waals surface area contributed by atoms with Crippen LogP contribution in [-0.2, 0) is 11.4 Å². The smallest absolute Gasteiger partial charge is 0.262 e. The number of carbonyl (C=O) groups is 1. The molecule has 0 radical (unpaired) electrons. The highest BCUT2D eigenvalue weighted by Gasteiger charge is 2.07. The van der Waals surface area contributed by atoms with Crippen LogP contribution < -0.4 is 20.3 Å². The van der Waals surface area contributed by atoms with E-state index in [-0.39, 0.29) is 24.5 Å². The predicted molar refractivity (Wildman–Crippen MR) is 117 cm³/mol. The summed E-state index contributed by atoms with van der Waals surface area (Å²) in [6.45, 7) is 1.76. The number of nitrogens with zero attached hydrogens (tertiary/aromatic N) is 2. The normalized spacial score (nSPS) is 10.7. The highest BCUT2D eigenvalue weighted by atomic mass is 19.1. The van der Waals surface area contributed by atoms with E-state index in [0.29, 0.717) is 22.8 Å². The van der Waals surface area contributed by atoms with Gasteiger partial charge in [-0.05, 0) is 48.9 Å². The van der Waals surface area contributed by atoms with E-state index in [4.69, 9.17) is 9.47 Å². The highest BCUT2D eigenvalue weighted by Crippen LogP contribution is 2.19. The average molecular weight is 433 g/mol. The van der Waals surface area contributed by atoms with Crippen LogP contribution in [-0.4, -0.2) is 21.9 Å². The van der Waals surface area contributed by atoms with Crippen molar-refractivity contribution in [1.29, 1.82) is 0 Å². The van der Waals surface area contributed by atoms with Crippen LogP contribution in [0, 0.1) is 12.7 Å². The minimum absolute atomic E-state index is 0.0970. The third-order valence-corrected chi connectivity index (χ3v) is 4.55. The molecule has 0 bridgehead atoms. The van der Waals surface area contributed by atoms with Gasteiger partial charge >= 0.3 is 0 Å². The quantitative estimate of drug-likeness (QED) is 0.480. The van der Waals surface area contributed by atoms with Gasteiger partial charge in [-0.2, -0.15) is 0 Å². The second-order valence-corrected chi connectivity index (χ2v) is 7.13. The van der Waals surface area contributed by atoms with Crippen LogP contribution in [0.15, 0.2) is 77.7 Å². The molecule has 0 saturated carbocycles. The van der Waals surface area contributed by atoms with Crippen LogP contribution in [0.25, 0.3) is 5.65 Å². The van der Waals surface area contributed by atoms with Crippen molar-refractivity contribution in [1.82, 2.24) is 9.38 Å². The Morgan fingerprint density at radius 1 is 1.03 bits per heavy atom. The highest BCUT2D eigenvalue weighted by molar-refractivity contribution is 5.92. The maximum atomic E-state index is 13.2. The Kier molecular flexibility index (Phi) is 6.12. The number of hydrogen-bond acceptors (Lipinski definition) is 5. The van der Waals surface area contributed by atoms with Gasteiger partial charge in [0.2, 0.25) is 0 Å². The van der Waals surface area contributed by atoms with Crippen molar-refractivity contribution in [3.63, 3.8) is 0 Å². The van der Waals surface area contributed by atoms with Crippen molar-refractivity contribution in [2.45, 2.75) is 13.5 Å². The second kappa shape index (κ2) is 9.30. The van der Waals surface area contributed by atoms with Gasteiger partial charge < -0.3 is 14.8 Å². The summed E-state index contributed by atoms with van der Waals surface area (Å²) in [4.78, 5) is 28.9. The van der Waals surface area contributed by atoms with E-state index in [9.17, 15) is 14.0 Å². The van der Waals surface area contributed by atoms with E-state index in [1.54, 1.807) is 36.5 Å². The first-order valence-corrected chi connectivity index (χ1v) is 9.86. The van der Waals surface area contributed by atoms with Gasteiger partial charge in [-0.1, -0.05) is 12.1 Å². The molecule has 162 valence electrons. The van der Waals surface area contributed by atoms with Crippen molar-refractivity contribution < 1.29 is 18.7 Å². The Balaban J connectivity index is 1.37. The SMILES string of the molecule is Cc1ccn2c(=O)cc(COc3cccc(NC(=O)COc4cccc(F)c4)c3)nc2c1. The lowest BCUT2D eigenvalue weighted by Crippen LogP contribution is -2.20. The zero-order valence-corrected chi connectivity index (χ0v) is 17.2. The van der Waals surface area contributed by atoms with Gasteiger partial charge in [0.15, 0.2) is 6.61 Å². The summed E-state index contributed by atoms with van der Waals surface area (Å²) in [6, 6.07) is 17.5. The van der Waals surface area contributed by atoms with E-state index < -0.39 is 11.7 Å². The third-order valence-electron chi connectivity index (χ3n) is 4.55. The summed E-state index contributed by atoms with van der Waals surface area (Å²) in [5.41, 5.74) is 2.37. The molecule has 2 heterocycles. The molecule has 0 atom stereocenters. The van der Waals surface area contributed by atoms with Crippen LogP contribution in [0.3, 0.4) is 0 Å². The summed E-state index contributed by atoms with van der Waals surface area (Å²) in [5.74, 6) is -0.0659. The molecule has 2 aromatic heterocycles. The van der Waals surface area contributed by atoms with E-state index >= 15 is 0 Å². The number of anilines is 1. The zero-order chi connectivity index (χ0) is 22.5. The number of benzene rings is 2. The van der Waals surface area contributed by atoms with Gasteiger partial charge in [0.05, 0.1) is 5.69 Å². The number of nitrogens with one attached hydrogen (secondary N) is 1. The molecule has 0 unspecified atom stereocenters. The first kappa shape index (κ1) is 21.0. The molecule has 0 aliphatic carbocycles. The van der Waals surface area contributed by atoms with Gasteiger partial charge in [-0.25, -0.2) is 9.37 Å². The van der Waals surface area contributed by atoms with E-state index in [1.165, 1.54) is 28.7 Å². The Hall–Kier alpha value is -4.20. The van der Waals surface area contributed by atoms with Crippen LogP contribution in [0.2, 0.25) is 0 Å². The molecule has 1 amide bonds. The molecular weight excluding hydrogens is 413 g/mol. The molecule has 7 nitrogen and oxygen atoms in total. The average Bonchev–Trinajstić information content (AvgIpc) is 2.76. The number of pyridine rings is 1. The van der Waals surface area contributed by atoms with Gasteiger partial charge in [0.25, 0.3) is 11.5 Å². The van der Waals surface area contributed by atoms with E-state index in [1.807, 2.05) is 19.1 Å². The van der Waals surface area contributed by atoms with Gasteiger partial charge in [-0.15, -0.1) is 0 Å². The fourth-order valence-corrected chi connectivity index (χ4v) is 3.05. The molecule has 0 aliphatic heterocycles. The Labute approximate surface area is 183 Å². The standard InChI is InChI=1S/C24H20FN3O4/c1-16-8-9-28-22(10-16)26-19(13-24(28)30)14-31-21-7-3-5-18(12-21)27-23(29)15-32-20-6-2-4-17(25)11-20/h2-13H,14-15H2,1H3,(H,27,29). The number of rotatable bonds is 7. The molecule has 0 spiro atoms. The topological polar surface area (TPSA) is 81.9 Å². The molecule has 1 N–H and O–H groups in total. The summed E-state index contributed by atoms with van der Waals surface area (Å²) in [7, 11) is 0. The molecule has 8 heteroatoms. The third kappa shape index (κ3) is 5.28. The number of aromatic nitrogens is 2. The van der Waals surface area contributed by atoms with Crippen molar-refractivity contribution >= 4 is 17.2 Å². The number of hydrogen-bond donors (Lipinski definition) is 1. The molecule has 0 aliphatic rings. The summed E-state index contributed by atoms with van der Waals surface area (Å²) >= 11 is 0. The zero-order valence-electron chi connectivity index (χ0n) is 17.2. The predicted octanol–water partition coefficient (Wildman–Crippen LogP) is 3.74. The number of ether oxygens (including phenoxy) is 2. The van der Waals surface area contributed by atoms with Crippen LogP contribution in [0.5, 0.6) is 11.5 Å². The second-order valence-electron chi connectivity index (χ2n) is 7.13. The molecule has 4 aromatic rings. The molecule has 4 rings (SSSR count). The van der Waals surface area contributed by atoms with Crippen LogP contribution >= 0.6 is 0 Å². The fourth-order valence-electron chi connectivity index (χ4n) is 3.05. The number of aryl methyl sites for hydroxylation is 1. The van der Waals surface area contributed by atoms with Crippen molar-refractivity contribution in [2.75, 3.05) is 11.9 Å². The number of halogens is 1. The lowest BCUT2D eigenvalue weighted by Gasteiger charge is -2.10. The maximum Gasteiger partial charge on any atom is 0.262 e. The first-order valence-electron chi connectivity index (χ1n) is 9.86. The number of amides is 1. The molecule has 0 saturated heterocycles. The van der Waals surface area contributed by atoms with E-state index in [2.05, 4.69) is 10.3 Å².